The summed E-state index contributed by atoms with van der Waals surface area (Å²) >= 11 is 0. The van der Waals surface area contributed by atoms with Gasteiger partial charge in [0.2, 0.25) is 10.0 Å². The summed E-state index contributed by atoms with van der Waals surface area (Å²) in [7, 11) is -2.68. The molecule has 0 unspecified atom stereocenters. The number of benzene rings is 1. The van der Waals surface area contributed by atoms with E-state index < -0.39 is 22.0 Å². The molecule has 1 heterocycles. The molecule has 1 aliphatic rings. The number of rotatable bonds is 5. The first-order chi connectivity index (χ1) is 10.8. The highest BCUT2D eigenvalue weighted by molar-refractivity contribution is 7.89. The molecule has 6 nitrogen and oxygen atoms in total. The summed E-state index contributed by atoms with van der Waals surface area (Å²) in [4.78, 5) is 11.3. The number of hydrogen-bond acceptors (Lipinski definition) is 4. The third kappa shape index (κ3) is 3.85. The van der Waals surface area contributed by atoms with Gasteiger partial charge in [-0.3, -0.25) is 4.79 Å². The van der Waals surface area contributed by atoms with Gasteiger partial charge < -0.3 is 10.1 Å². The molecule has 0 aliphatic carbocycles. The van der Waals surface area contributed by atoms with Crippen LogP contribution in [0.5, 0.6) is 0 Å². The Balaban J connectivity index is 2.25. The van der Waals surface area contributed by atoms with Crippen LogP contribution in [0.4, 0.5) is 8.78 Å². The van der Waals surface area contributed by atoms with Crippen LogP contribution < -0.4 is 10.0 Å². The Bertz CT molecular complexity index is 656. The van der Waals surface area contributed by atoms with Crippen LogP contribution >= 0.6 is 0 Å². The maximum Gasteiger partial charge on any atom is 0.257 e. The van der Waals surface area contributed by atoms with Crippen LogP contribution in [0.15, 0.2) is 29.2 Å². The lowest BCUT2D eigenvalue weighted by Gasteiger charge is -2.36. The van der Waals surface area contributed by atoms with Crippen LogP contribution in [-0.2, 0) is 14.8 Å². The molecule has 0 spiro atoms. The van der Waals surface area contributed by atoms with Gasteiger partial charge in [-0.15, -0.1) is 0 Å². The van der Waals surface area contributed by atoms with Crippen LogP contribution in [0.1, 0.15) is 23.2 Å². The van der Waals surface area contributed by atoms with Gasteiger partial charge in [-0.05, 0) is 37.1 Å². The fourth-order valence-corrected chi connectivity index (χ4v) is 3.80. The van der Waals surface area contributed by atoms with Gasteiger partial charge >= 0.3 is 0 Å². The molecule has 1 fully saturated rings. The molecule has 1 amide bonds. The monoisotopic (exact) mass is 348 g/mol. The highest BCUT2D eigenvalue weighted by Gasteiger charge is 2.44. The van der Waals surface area contributed by atoms with Crippen molar-refractivity contribution in [3.8, 4) is 0 Å². The van der Waals surface area contributed by atoms with Crippen LogP contribution in [0.2, 0.25) is 0 Å². The molecule has 0 bridgehead atoms. The van der Waals surface area contributed by atoms with E-state index in [0.29, 0.717) is 0 Å². The van der Waals surface area contributed by atoms with E-state index in [1.807, 2.05) is 0 Å². The minimum Gasteiger partial charge on any atom is -0.381 e. The number of ether oxygens (including phenoxy) is 1. The lowest BCUT2D eigenvalue weighted by Crippen LogP contribution is -2.56. The normalized spacial score (nSPS) is 17.9. The average molecular weight is 348 g/mol. The SMILES string of the molecule is CNC(=O)c1ccc(S(=O)(=O)NC2(C(F)F)CCOCC2)cc1. The Hall–Kier alpha value is -1.58. The van der Waals surface area contributed by atoms with Crippen molar-refractivity contribution < 1.29 is 26.7 Å². The zero-order valence-corrected chi connectivity index (χ0v) is 13.3. The first-order valence-corrected chi connectivity index (χ1v) is 8.51. The van der Waals surface area contributed by atoms with Crippen molar-refractivity contribution in [3.63, 3.8) is 0 Å². The summed E-state index contributed by atoms with van der Waals surface area (Å²) < 4.78 is 58.7. The quantitative estimate of drug-likeness (QED) is 0.836. The van der Waals surface area contributed by atoms with Crippen LogP contribution in [0, 0.1) is 0 Å². The minimum absolute atomic E-state index is 0.0719. The van der Waals surface area contributed by atoms with E-state index in [9.17, 15) is 22.0 Å². The molecule has 0 aromatic heterocycles. The molecule has 1 saturated heterocycles. The minimum atomic E-state index is -4.13. The summed E-state index contributed by atoms with van der Waals surface area (Å²) in [6.45, 7) is 0.144. The largest absolute Gasteiger partial charge is 0.381 e. The van der Waals surface area contributed by atoms with E-state index in [4.69, 9.17) is 4.74 Å². The van der Waals surface area contributed by atoms with Crippen LogP contribution in [0.3, 0.4) is 0 Å². The smallest absolute Gasteiger partial charge is 0.257 e. The Morgan fingerprint density at radius 2 is 1.78 bits per heavy atom. The summed E-state index contributed by atoms with van der Waals surface area (Å²) in [5, 5.41) is 2.41. The average Bonchev–Trinajstić information content (AvgIpc) is 2.54. The fourth-order valence-electron chi connectivity index (χ4n) is 2.36. The van der Waals surface area contributed by atoms with Gasteiger partial charge in [-0.2, -0.15) is 4.72 Å². The van der Waals surface area contributed by atoms with Crippen molar-refractivity contribution in [2.75, 3.05) is 20.3 Å². The second kappa shape index (κ2) is 6.90. The zero-order valence-electron chi connectivity index (χ0n) is 12.5. The van der Waals surface area contributed by atoms with Crippen molar-refractivity contribution >= 4 is 15.9 Å². The molecule has 2 rings (SSSR count). The Kier molecular flexibility index (Phi) is 5.33. The van der Waals surface area contributed by atoms with E-state index in [0.717, 1.165) is 0 Å². The van der Waals surface area contributed by atoms with Crippen molar-refractivity contribution in [1.82, 2.24) is 10.0 Å². The number of carbonyl (C=O) groups excluding carboxylic acids is 1. The number of carbonyl (C=O) groups is 1. The molecule has 1 aliphatic heterocycles. The maximum absolute atomic E-state index is 13.4. The van der Waals surface area contributed by atoms with Crippen molar-refractivity contribution in [1.29, 1.82) is 0 Å². The highest BCUT2D eigenvalue weighted by Crippen LogP contribution is 2.30. The number of amides is 1. The van der Waals surface area contributed by atoms with Crippen molar-refractivity contribution in [3.05, 3.63) is 29.8 Å². The summed E-state index contributed by atoms with van der Waals surface area (Å²) in [6.07, 6.45) is -3.04. The standard InChI is InChI=1S/C14H18F2N2O4S/c1-17-12(19)10-2-4-11(5-3-10)23(20,21)18-14(13(15)16)6-8-22-9-7-14/h2-5,13,18H,6-9H2,1H3,(H,17,19). The molecule has 23 heavy (non-hydrogen) atoms. The predicted molar refractivity (Wildman–Crippen MR) is 78.9 cm³/mol. The molecule has 128 valence electrons. The summed E-state index contributed by atoms with van der Waals surface area (Å²) in [5.74, 6) is -0.365. The number of hydrogen-bond donors (Lipinski definition) is 2. The van der Waals surface area contributed by atoms with Gasteiger partial charge in [-0.25, -0.2) is 17.2 Å². The number of halogens is 2. The van der Waals surface area contributed by atoms with E-state index in [-0.39, 0.29) is 42.4 Å². The maximum atomic E-state index is 13.4. The number of sulfonamides is 1. The van der Waals surface area contributed by atoms with Gasteiger partial charge in [0.25, 0.3) is 12.3 Å². The molecule has 0 saturated carbocycles. The number of nitrogens with one attached hydrogen (secondary N) is 2. The second-order valence-electron chi connectivity index (χ2n) is 5.28. The van der Waals surface area contributed by atoms with Crippen LogP contribution in [0.25, 0.3) is 0 Å². The molecular formula is C14H18F2N2O4S. The highest BCUT2D eigenvalue weighted by atomic mass is 32.2. The van der Waals surface area contributed by atoms with Gasteiger partial charge in [0.1, 0.15) is 0 Å². The molecule has 1 aromatic rings. The van der Waals surface area contributed by atoms with Gasteiger partial charge in [0, 0.05) is 25.8 Å². The summed E-state index contributed by atoms with van der Waals surface area (Å²) in [6, 6.07) is 5.08. The van der Waals surface area contributed by atoms with E-state index in [1.165, 1.54) is 31.3 Å². The molecule has 0 radical (unpaired) electrons. The molecule has 0 atom stereocenters. The second-order valence-corrected chi connectivity index (χ2v) is 6.96. The predicted octanol–water partition coefficient (Wildman–Crippen LogP) is 1.14. The Morgan fingerprint density at radius 1 is 1.22 bits per heavy atom. The summed E-state index contributed by atoms with van der Waals surface area (Å²) in [5.41, 5.74) is -1.54. The third-order valence-electron chi connectivity index (χ3n) is 3.79. The van der Waals surface area contributed by atoms with E-state index >= 15 is 0 Å². The third-order valence-corrected chi connectivity index (χ3v) is 5.36. The molecular weight excluding hydrogens is 330 g/mol. The van der Waals surface area contributed by atoms with Gasteiger partial charge in [0.15, 0.2) is 0 Å². The van der Waals surface area contributed by atoms with Crippen LogP contribution in [-0.4, -0.2) is 46.6 Å². The zero-order chi connectivity index (χ0) is 17.1. The topological polar surface area (TPSA) is 84.5 Å². The molecule has 2 N–H and O–H groups in total. The van der Waals surface area contributed by atoms with Crippen molar-refractivity contribution in [2.45, 2.75) is 29.7 Å². The first kappa shape index (κ1) is 17.8. The molecule has 1 aromatic carbocycles. The van der Waals surface area contributed by atoms with E-state index in [1.54, 1.807) is 0 Å². The number of alkyl halides is 2. The van der Waals surface area contributed by atoms with E-state index in [2.05, 4.69) is 10.0 Å². The molecule has 9 heteroatoms. The lowest BCUT2D eigenvalue weighted by atomic mass is 9.92. The van der Waals surface area contributed by atoms with Gasteiger partial charge in [-0.1, -0.05) is 0 Å². The first-order valence-electron chi connectivity index (χ1n) is 7.03. The van der Waals surface area contributed by atoms with Gasteiger partial charge in [0.05, 0.1) is 10.4 Å². The Labute approximate surface area is 133 Å². The fraction of sp³-hybridized carbons (Fsp3) is 0.500. The van der Waals surface area contributed by atoms with Crippen molar-refractivity contribution in [2.24, 2.45) is 0 Å². The lowest BCUT2D eigenvalue weighted by molar-refractivity contribution is -0.0352. The Morgan fingerprint density at radius 3 is 2.26 bits per heavy atom.